The maximum absolute atomic E-state index is 9.32. The van der Waals surface area contributed by atoms with Gasteiger partial charge < -0.3 is 10.6 Å². The Balaban J connectivity index is 2.34. The summed E-state index contributed by atoms with van der Waals surface area (Å²) in [5.41, 5.74) is 9.25. The summed E-state index contributed by atoms with van der Waals surface area (Å²) in [6, 6.07) is 11.9. The van der Waals surface area contributed by atoms with Gasteiger partial charge in [-0.1, -0.05) is 12.1 Å². The standard InChI is InChI=1S/C16H18N4/c1-3-20(11-13-5-4-6-14(18)9-13)16-15(10-17)12(2)7-8-19-16/h4-9H,3,11,18H2,1-2H3. The van der Waals surface area contributed by atoms with Crippen LogP contribution in [0, 0.1) is 18.3 Å². The van der Waals surface area contributed by atoms with E-state index in [1.54, 1.807) is 6.20 Å². The molecule has 0 amide bonds. The van der Waals surface area contributed by atoms with Gasteiger partial charge in [-0.2, -0.15) is 5.26 Å². The Kier molecular flexibility index (Phi) is 4.21. The summed E-state index contributed by atoms with van der Waals surface area (Å²) in [5, 5.41) is 9.32. The van der Waals surface area contributed by atoms with E-state index in [1.165, 1.54) is 0 Å². The lowest BCUT2D eigenvalue weighted by Crippen LogP contribution is -2.24. The molecule has 20 heavy (non-hydrogen) atoms. The van der Waals surface area contributed by atoms with Crippen molar-refractivity contribution in [3.8, 4) is 6.07 Å². The van der Waals surface area contributed by atoms with E-state index >= 15 is 0 Å². The summed E-state index contributed by atoms with van der Waals surface area (Å²) in [5.74, 6) is 0.734. The van der Waals surface area contributed by atoms with E-state index in [4.69, 9.17) is 5.73 Å². The molecule has 0 spiro atoms. The minimum atomic E-state index is 0.637. The molecule has 0 saturated carbocycles. The number of benzene rings is 1. The molecule has 0 saturated heterocycles. The number of hydrogen-bond acceptors (Lipinski definition) is 4. The van der Waals surface area contributed by atoms with Crippen LogP contribution >= 0.6 is 0 Å². The quantitative estimate of drug-likeness (QED) is 0.864. The summed E-state index contributed by atoms with van der Waals surface area (Å²) in [7, 11) is 0. The van der Waals surface area contributed by atoms with E-state index < -0.39 is 0 Å². The number of nitrogens with zero attached hydrogens (tertiary/aromatic N) is 3. The van der Waals surface area contributed by atoms with Crippen molar-refractivity contribution in [3.63, 3.8) is 0 Å². The van der Waals surface area contributed by atoms with Crippen molar-refractivity contribution in [2.45, 2.75) is 20.4 Å². The molecule has 0 unspecified atom stereocenters. The lowest BCUT2D eigenvalue weighted by Gasteiger charge is -2.23. The zero-order chi connectivity index (χ0) is 14.5. The Hall–Kier alpha value is -2.54. The van der Waals surface area contributed by atoms with Crippen molar-refractivity contribution in [1.29, 1.82) is 5.26 Å². The van der Waals surface area contributed by atoms with Crippen molar-refractivity contribution in [1.82, 2.24) is 4.98 Å². The first-order chi connectivity index (χ1) is 9.65. The first-order valence-corrected chi connectivity index (χ1v) is 6.60. The molecule has 0 bridgehead atoms. The van der Waals surface area contributed by atoms with E-state index in [0.29, 0.717) is 12.1 Å². The molecule has 0 aliphatic heterocycles. The van der Waals surface area contributed by atoms with Crippen LogP contribution in [0.15, 0.2) is 36.5 Å². The smallest absolute Gasteiger partial charge is 0.147 e. The molecule has 0 atom stereocenters. The van der Waals surface area contributed by atoms with Crippen LogP contribution in [-0.2, 0) is 6.54 Å². The maximum Gasteiger partial charge on any atom is 0.147 e. The summed E-state index contributed by atoms with van der Waals surface area (Å²) in [6.45, 7) is 5.45. The fourth-order valence-corrected chi connectivity index (χ4v) is 2.17. The van der Waals surface area contributed by atoms with E-state index in [1.807, 2.05) is 37.3 Å². The van der Waals surface area contributed by atoms with Gasteiger partial charge in [-0.25, -0.2) is 4.98 Å². The second-order valence-electron chi connectivity index (χ2n) is 4.70. The van der Waals surface area contributed by atoms with Crippen LogP contribution in [0.25, 0.3) is 0 Å². The second kappa shape index (κ2) is 6.07. The highest BCUT2D eigenvalue weighted by molar-refractivity contribution is 5.57. The fraction of sp³-hybridized carbons (Fsp3) is 0.250. The molecule has 2 N–H and O–H groups in total. The van der Waals surface area contributed by atoms with Gasteiger partial charge in [0.05, 0.1) is 5.56 Å². The highest BCUT2D eigenvalue weighted by atomic mass is 15.2. The third-order valence-electron chi connectivity index (χ3n) is 3.26. The molecular formula is C16H18N4. The number of nitriles is 1. The highest BCUT2D eigenvalue weighted by Gasteiger charge is 2.13. The van der Waals surface area contributed by atoms with E-state index in [-0.39, 0.29) is 0 Å². The van der Waals surface area contributed by atoms with Crippen LogP contribution in [0.4, 0.5) is 11.5 Å². The SMILES string of the molecule is CCN(Cc1cccc(N)c1)c1nccc(C)c1C#N. The van der Waals surface area contributed by atoms with E-state index in [0.717, 1.165) is 29.2 Å². The molecule has 1 aromatic carbocycles. The lowest BCUT2D eigenvalue weighted by atomic mass is 10.1. The maximum atomic E-state index is 9.32. The molecule has 1 aromatic heterocycles. The number of aromatic nitrogens is 1. The molecule has 2 rings (SSSR count). The van der Waals surface area contributed by atoms with Gasteiger partial charge in [0.2, 0.25) is 0 Å². The fourth-order valence-electron chi connectivity index (χ4n) is 2.17. The Morgan fingerprint density at radius 1 is 1.35 bits per heavy atom. The van der Waals surface area contributed by atoms with E-state index in [9.17, 15) is 5.26 Å². The average molecular weight is 266 g/mol. The number of pyridine rings is 1. The van der Waals surface area contributed by atoms with Crippen molar-refractivity contribution in [3.05, 3.63) is 53.2 Å². The monoisotopic (exact) mass is 266 g/mol. The molecule has 4 nitrogen and oxygen atoms in total. The number of nitrogen functional groups attached to an aromatic ring is 1. The van der Waals surface area contributed by atoms with Gasteiger partial charge in [0.15, 0.2) is 0 Å². The summed E-state index contributed by atoms with van der Waals surface area (Å²) < 4.78 is 0. The molecular weight excluding hydrogens is 248 g/mol. The zero-order valence-corrected chi connectivity index (χ0v) is 11.8. The number of hydrogen-bond donors (Lipinski definition) is 1. The topological polar surface area (TPSA) is 65.9 Å². The van der Waals surface area contributed by atoms with Gasteiger partial charge in [-0.05, 0) is 43.2 Å². The van der Waals surface area contributed by atoms with Crippen LogP contribution in [0.2, 0.25) is 0 Å². The summed E-state index contributed by atoms with van der Waals surface area (Å²) in [4.78, 5) is 6.46. The zero-order valence-electron chi connectivity index (χ0n) is 11.8. The molecule has 0 fully saturated rings. The van der Waals surface area contributed by atoms with Gasteiger partial charge in [0.1, 0.15) is 11.9 Å². The van der Waals surface area contributed by atoms with Crippen LogP contribution in [-0.4, -0.2) is 11.5 Å². The van der Waals surface area contributed by atoms with Crippen molar-refractivity contribution in [2.75, 3.05) is 17.2 Å². The molecule has 0 aliphatic carbocycles. The minimum Gasteiger partial charge on any atom is -0.399 e. The Morgan fingerprint density at radius 2 is 2.15 bits per heavy atom. The van der Waals surface area contributed by atoms with Gasteiger partial charge in [-0.15, -0.1) is 0 Å². The first kappa shape index (κ1) is 13.9. The number of rotatable bonds is 4. The third kappa shape index (κ3) is 2.89. The largest absolute Gasteiger partial charge is 0.399 e. The normalized spacial score (nSPS) is 10.1. The van der Waals surface area contributed by atoms with Gasteiger partial charge in [0, 0.05) is 25.0 Å². The van der Waals surface area contributed by atoms with Gasteiger partial charge in [-0.3, -0.25) is 0 Å². The van der Waals surface area contributed by atoms with Crippen molar-refractivity contribution < 1.29 is 0 Å². The van der Waals surface area contributed by atoms with Gasteiger partial charge >= 0.3 is 0 Å². The average Bonchev–Trinajstić information content (AvgIpc) is 2.44. The number of anilines is 2. The highest BCUT2D eigenvalue weighted by Crippen LogP contribution is 2.22. The van der Waals surface area contributed by atoms with Crippen LogP contribution in [0.5, 0.6) is 0 Å². The van der Waals surface area contributed by atoms with Crippen molar-refractivity contribution >= 4 is 11.5 Å². The number of aryl methyl sites for hydroxylation is 1. The molecule has 4 heteroatoms. The van der Waals surface area contributed by atoms with Crippen molar-refractivity contribution in [2.24, 2.45) is 0 Å². The third-order valence-corrected chi connectivity index (χ3v) is 3.26. The Bertz CT molecular complexity index is 643. The van der Waals surface area contributed by atoms with Crippen LogP contribution in [0.1, 0.15) is 23.6 Å². The molecule has 1 heterocycles. The molecule has 0 aliphatic rings. The lowest BCUT2D eigenvalue weighted by molar-refractivity contribution is 0.811. The summed E-state index contributed by atoms with van der Waals surface area (Å²) >= 11 is 0. The molecule has 0 radical (unpaired) electrons. The Morgan fingerprint density at radius 3 is 2.80 bits per heavy atom. The minimum absolute atomic E-state index is 0.637. The van der Waals surface area contributed by atoms with E-state index in [2.05, 4.69) is 22.9 Å². The van der Waals surface area contributed by atoms with Crippen LogP contribution in [0.3, 0.4) is 0 Å². The predicted molar refractivity (Wildman–Crippen MR) is 81.3 cm³/mol. The Labute approximate surface area is 119 Å². The first-order valence-electron chi connectivity index (χ1n) is 6.60. The van der Waals surface area contributed by atoms with Crippen LogP contribution < -0.4 is 10.6 Å². The predicted octanol–water partition coefficient (Wildman–Crippen LogP) is 2.87. The molecule has 102 valence electrons. The molecule has 2 aromatic rings. The number of nitrogens with two attached hydrogens (primary N) is 1. The second-order valence-corrected chi connectivity index (χ2v) is 4.70. The summed E-state index contributed by atoms with van der Waals surface area (Å²) in [6.07, 6.45) is 1.74. The van der Waals surface area contributed by atoms with Gasteiger partial charge in [0.25, 0.3) is 0 Å².